The summed E-state index contributed by atoms with van der Waals surface area (Å²) in [7, 11) is 5.16. The zero-order valence-electron chi connectivity index (χ0n) is 16.4. The van der Waals surface area contributed by atoms with Crippen LogP contribution in [0.5, 0.6) is 17.2 Å². The molecule has 1 N–H and O–H groups in total. The fourth-order valence-electron chi connectivity index (χ4n) is 3.07. The molecule has 6 heteroatoms. The van der Waals surface area contributed by atoms with Gasteiger partial charge in [0.05, 0.1) is 25.1 Å². The molecule has 0 fully saturated rings. The number of nitrogens with one attached hydrogen (secondary N) is 1. The molecular formula is C21H25N3O3. The molecule has 2 aromatic carbocycles. The van der Waals surface area contributed by atoms with E-state index in [0.29, 0.717) is 23.9 Å². The van der Waals surface area contributed by atoms with Gasteiger partial charge in [-0.2, -0.15) is 0 Å². The first-order chi connectivity index (χ1) is 13.1. The maximum absolute atomic E-state index is 5.89. The minimum Gasteiger partial charge on any atom is -0.497 e. The van der Waals surface area contributed by atoms with E-state index in [1.54, 1.807) is 20.4 Å². The number of hydrogen-bond acceptors (Lipinski definition) is 6. The van der Waals surface area contributed by atoms with Crippen LogP contribution < -0.4 is 19.5 Å². The Labute approximate surface area is 159 Å². The molecule has 3 aromatic rings. The molecule has 0 radical (unpaired) electrons. The van der Waals surface area contributed by atoms with Crippen molar-refractivity contribution in [3.8, 4) is 28.6 Å². The maximum atomic E-state index is 5.89. The van der Waals surface area contributed by atoms with Gasteiger partial charge in [-0.15, -0.1) is 0 Å². The van der Waals surface area contributed by atoms with Crippen LogP contribution in [-0.4, -0.2) is 44.4 Å². The Morgan fingerprint density at radius 2 is 1.74 bits per heavy atom. The molecule has 0 unspecified atom stereocenters. The first-order valence-corrected chi connectivity index (χ1v) is 8.85. The van der Waals surface area contributed by atoms with Gasteiger partial charge in [0.25, 0.3) is 0 Å². The van der Waals surface area contributed by atoms with Crippen molar-refractivity contribution >= 4 is 10.9 Å². The normalized spacial score (nSPS) is 10.9. The predicted octanol–water partition coefficient (Wildman–Crippen LogP) is 3.53. The van der Waals surface area contributed by atoms with Gasteiger partial charge in [0.15, 0.2) is 5.82 Å². The van der Waals surface area contributed by atoms with Crippen molar-refractivity contribution < 1.29 is 14.2 Å². The van der Waals surface area contributed by atoms with Crippen molar-refractivity contribution in [1.82, 2.24) is 15.3 Å². The van der Waals surface area contributed by atoms with E-state index in [2.05, 4.69) is 22.4 Å². The van der Waals surface area contributed by atoms with Crippen molar-refractivity contribution in [1.29, 1.82) is 0 Å². The fourth-order valence-corrected chi connectivity index (χ4v) is 3.07. The monoisotopic (exact) mass is 367 g/mol. The molecule has 0 aliphatic heterocycles. The second kappa shape index (κ2) is 8.22. The van der Waals surface area contributed by atoms with Gasteiger partial charge in [-0.3, -0.25) is 0 Å². The zero-order valence-corrected chi connectivity index (χ0v) is 16.4. The highest BCUT2D eigenvalue weighted by Gasteiger charge is 2.12. The van der Waals surface area contributed by atoms with Gasteiger partial charge in [-0.05, 0) is 44.2 Å². The summed E-state index contributed by atoms with van der Waals surface area (Å²) in [6, 6.07) is 7.83. The third-order valence-electron chi connectivity index (χ3n) is 4.41. The SMILES string of the molecule is CNCCOc1c(C)cc(-c2ncc3c(OC)cc(OC)cc3n2)cc1C. The van der Waals surface area contributed by atoms with Crippen LogP contribution in [0.1, 0.15) is 11.1 Å². The molecule has 3 rings (SSSR count). The van der Waals surface area contributed by atoms with E-state index in [1.807, 2.05) is 33.0 Å². The third-order valence-corrected chi connectivity index (χ3v) is 4.41. The molecule has 0 saturated heterocycles. The van der Waals surface area contributed by atoms with Crippen molar-refractivity contribution in [3.05, 3.63) is 41.6 Å². The molecule has 0 amide bonds. The lowest BCUT2D eigenvalue weighted by atomic mass is 10.0. The molecule has 1 heterocycles. The Morgan fingerprint density at radius 3 is 2.37 bits per heavy atom. The molecule has 6 nitrogen and oxygen atoms in total. The molecule has 0 aliphatic carbocycles. The van der Waals surface area contributed by atoms with Gasteiger partial charge in [0.1, 0.15) is 23.9 Å². The lowest BCUT2D eigenvalue weighted by molar-refractivity contribution is 0.314. The van der Waals surface area contributed by atoms with Crippen molar-refractivity contribution in [2.45, 2.75) is 13.8 Å². The minimum atomic E-state index is 0.629. The number of benzene rings is 2. The highest BCUT2D eigenvalue weighted by atomic mass is 16.5. The average molecular weight is 367 g/mol. The Bertz CT molecular complexity index is 934. The van der Waals surface area contributed by atoms with E-state index in [-0.39, 0.29) is 0 Å². The summed E-state index contributed by atoms with van der Waals surface area (Å²) in [4.78, 5) is 9.27. The third kappa shape index (κ3) is 3.95. The number of nitrogens with zero attached hydrogens (tertiary/aromatic N) is 2. The molecule has 0 saturated carbocycles. The van der Waals surface area contributed by atoms with Gasteiger partial charge in [0, 0.05) is 30.4 Å². The summed E-state index contributed by atoms with van der Waals surface area (Å²) in [5, 5.41) is 3.93. The van der Waals surface area contributed by atoms with Gasteiger partial charge < -0.3 is 19.5 Å². The highest BCUT2D eigenvalue weighted by molar-refractivity contribution is 5.87. The average Bonchev–Trinajstić information content (AvgIpc) is 2.68. The second-order valence-corrected chi connectivity index (χ2v) is 6.35. The first kappa shape index (κ1) is 18.9. The number of ether oxygens (including phenoxy) is 3. The van der Waals surface area contributed by atoms with Gasteiger partial charge >= 0.3 is 0 Å². The molecule has 27 heavy (non-hydrogen) atoms. The topological polar surface area (TPSA) is 65.5 Å². The van der Waals surface area contributed by atoms with Crippen LogP contribution in [0.4, 0.5) is 0 Å². The molecule has 1 aromatic heterocycles. The van der Waals surface area contributed by atoms with Gasteiger partial charge in [0.2, 0.25) is 0 Å². The first-order valence-electron chi connectivity index (χ1n) is 8.85. The van der Waals surface area contributed by atoms with Crippen LogP contribution in [0.15, 0.2) is 30.5 Å². The molecule has 0 aliphatic rings. The van der Waals surface area contributed by atoms with E-state index >= 15 is 0 Å². The quantitative estimate of drug-likeness (QED) is 0.645. The van der Waals surface area contributed by atoms with E-state index < -0.39 is 0 Å². The summed E-state index contributed by atoms with van der Waals surface area (Å²) >= 11 is 0. The minimum absolute atomic E-state index is 0.629. The van der Waals surface area contributed by atoms with Gasteiger partial charge in [-0.1, -0.05) is 0 Å². The van der Waals surface area contributed by atoms with Crippen LogP contribution >= 0.6 is 0 Å². The Balaban J connectivity index is 2.02. The van der Waals surface area contributed by atoms with Crippen LogP contribution in [0.3, 0.4) is 0 Å². The predicted molar refractivity (Wildman–Crippen MR) is 107 cm³/mol. The summed E-state index contributed by atoms with van der Waals surface area (Å²) in [6.45, 7) is 5.51. The fraction of sp³-hybridized carbons (Fsp3) is 0.333. The van der Waals surface area contributed by atoms with E-state index in [9.17, 15) is 0 Å². The van der Waals surface area contributed by atoms with E-state index in [4.69, 9.17) is 19.2 Å². The molecular weight excluding hydrogens is 342 g/mol. The van der Waals surface area contributed by atoms with E-state index in [1.165, 1.54) is 0 Å². The van der Waals surface area contributed by atoms with Crippen molar-refractivity contribution in [2.24, 2.45) is 0 Å². The number of methoxy groups -OCH3 is 2. The number of likely N-dealkylation sites (N-methyl/N-ethyl adjacent to an activating group) is 1. The number of aryl methyl sites for hydroxylation is 2. The lowest BCUT2D eigenvalue weighted by Crippen LogP contribution is -2.16. The molecule has 0 spiro atoms. The van der Waals surface area contributed by atoms with Gasteiger partial charge in [-0.25, -0.2) is 9.97 Å². The van der Waals surface area contributed by atoms with E-state index in [0.717, 1.165) is 39.9 Å². The van der Waals surface area contributed by atoms with Crippen LogP contribution in [0, 0.1) is 13.8 Å². The largest absolute Gasteiger partial charge is 0.497 e. The highest BCUT2D eigenvalue weighted by Crippen LogP contribution is 2.32. The second-order valence-electron chi connectivity index (χ2n) is 6.35. The molecule has 0 atom stereocenters. The standard InChI is InChI=1S/C21H25N3O3/c1-13-8-15(9-14(2)20(13)27-7-6-22-3)21-23-12-17-18(24-21)10-16(25-4)11-19(17)26-5/h8-12,22H,6-7H2,1-5H3. The summed E-state index contributed by atoms with van der Waals surface area (Å²) < 4.78 is 16.7. The van der Waals surface area contributed by atoms with Crippen LogP contribution in [-0.2, 0) is 0 Å². The van der Waals surface area contributed by atoms with Crippen molar-refractivity contribution in [3.63, 3.8) is 0 Å². The summed E-state index contributed by atoms with van der Waals surface area (Å²) in [5.74, 6) is 2.96. The number of hydrogen-bond donors (Lipinski definition) is 1. The summed E-state index contributed by atoms with van der Waals surface area (Å²) in [6.07, 6.45) is 1.79. The number of rotatable bonds is 7. The molecule has 142 valence electrons. The van der Waals surface area contributed by atoms with Crippen LogP contribution in [0.2, 0.25) is 0 Å². The Morgan fingerprint density at radius 1 is 1.00 bits per heavy atom. The Kier molecular flexibility index (Phi) is 5.76. The molecule has 0 bridgehead atoms. The lowest BCUT2D eigenvalue weighted by Gasteiger charge is -2.14. The number of fused-ring (bicyclic) bond motifs is 1. The number of aromatic nitrogens is 2. The maximum Gasteiger partial charge on any atom is 0.159 e. The van der Waals surface area contributed by atoms with Crippen LogP contribution in [0.25, 0.3) is 22.3 Å². The van der Waals surface area contributed by atoms with Crippen molar-refractivity contribution in [2.75, 3.05) is 34.4 Å². The summed E-state index contributed by atoms with van der Waals surface area (Å²) in [5.41, 5.74) is 3.86. The zero-order chi connectivity index (χ0) is 19.4. The smallest absolute Gasteiger partial charge is 0.159 e. The Hall–Kier alpha value is -2.86.